The van der Waals surface area contributed by atoms with Crippen molar-refractivity contribution < 1.29 is 18.0 Å². The molecule has 4 rings (SSSR count). The second-order valence-corrected chi connectivity index (χ2v) is 5.76. The summed E-state index contributed by atoms with van der Waals surface area (Å²) in [5.41, 5.74) is 5.87. The van der Waals surface area contributed by atoms with Crippen LogP contribution in [0.1, 0.15) is 16.2 Å². The number of nitrogens with two attached hydrogens (primary N) is 1. The van der Waals surface area contributed by atoms with Gasteiger partial charge >= 0.3 is 6.18 Å². The third kappa shape index (κ3) is 2.44. The standard InChI is InChI=1S/C18H12F3N3O/c19-18(20,21)16-9-11-7-12(22)5-6-15(11)24(16)17(25)14-8-10-3-1-2-4-13(10)23-14/h1-9,23H,22H2. The van der Waals surface area contributed by atoms with Crippen LogP contribution in [0.5, 0.6) is 0 Å². The van der Waals surface area contributed by atoms with E-state index in [0.717, 1.165) is 11.5 Å². The Morgan fingerprint density at radius 3 is 2.48 bits per heavy atom. The number of H-pyrrole nitrogens is 1. The molecule has 2 heterocycles. The average molecular weight is 343 g/mol. The summed E-state index contributed by atoms with van der Waals surface area (Å²) in [5, 5.41) is 1.01. The molecule has 2 aromatic carbocycles. The number of aromatic nitrogens is 2. The summed E-state index contributed by atoms with van der Waals surface area (Å²) < 4.78 is 41.0. The van der Waals surface area contributed by atoms with E-state index in [4.69, 9.17) is 5.73 Å². The number of para-hydroxylation sites is 1. The van der Waals surface area contributed by atoms with E-state index in [1.807, 2.05) is 0 Å². The minimum absolute atomic E-state index is 0.0843. The second kappa shape index (κ2) is 5.14. The number of carbonyl (C=O) groups excluding carboxylic acids is 1. The van der Waals surface area contributed by atoms with E-state index in [0.29, 0.717) is 15.8 Å². The summed E-state index contributed by atoms with van der Waals surface area (Å²) in [6.45, 7) is 0. The van der Waals surface area contributed by atoms with Crippen LogP contribution >= 0.6 is 0 Å². The zero-order valence-electron chi connectivity index (χ0n) is 12.8. The number of fused-ring (bicyclic) bond motifs is 2. The van der Waals surface area contributed by atoms with E-state index in [1.165, 1.54) is 18.2 Å². The van der Waals surface area contributed by atoms with E-state index in [-0.39, 0.29) is 16.6 Å². The third-order valence-corrected chi connectivity index (χ3v) is 4.08. The van der Waals surface area contributed by atoms with Gasteiger partial charge in [0.25, 0.3) is 5.91 Å². The molecule has 25 heavy (non-hydrogen) atoms. The van der Waals surface area contributed by atoms with Gasteiger partial charge in [0.15, 0.2) is 0 Å². The van der Waals surface area contributed by atoms with Gasteiger partial charge in [-0.3, -0.25) is 9.36 Å². The van der Waals surface area contributed by atoms with Crippen LogP contribution in [0.25, 0.3) is 21.8 Å². The first kappa shape index (κ1) is 15.3. The van der Waals surface area contributed by atoms with Crippen LogP contribution < -0.4 is 5.73 Å². The number of nitrogen functional groups attached to an aromatic ring is 1. The number of alkyl halides is 3. The molecule has 0 atom stereocenters. The molecule has 4 nitrogen and oxygen atoms in total. The molecule has 0 saturated carbocycles. The fourth-order valence-electron chi connectivity index (χ4n) is 2.97. The smallest absolute Gasteiger partial charge is 0.399 e. The summed E-state index contributed by atoms with van der Waals surface area (Å²) in [6.07, 6.45) is -4.67. The third-order valence-electron chi connectivity index (χ3n) is 4.08. The average Bonchev–Trinajstić information content (AvgIpc) is 3.14. The van der Waals surface area contributed by atoms with E-state index >= 15 is 0 Å². The van der Waals surface area contributed by atoms with Gasteiger partial charge in [-0.2, -0.15) is 13.2 Å². The first-order valence-corrected chi connectivity index (χ1v) is 7.45. The maximum absolute atomic E-state index is 13.5. The Bertz CT molecular complexity index is 1090. The molecule has 0 fully saturated rings. The van der Waals surface area contributed by atoms with Crippen molar-refractivity contribution >= 4 is 33.4 Å². The van der Waals surface area contributed by atoms with Gasteiger partial charge in [0.2, 0.25) is 0 Å². The lowest BCUT2D eigenvalue weighted by Crippen LogP contribution is -2.20. The largest absolute Gasteiger partial charge is 0.431 e. The van der Waals surface area contributed by atoms with Crippen molar-refractivity contribution in [1.82, 2.24) is 9.55 Å². The van der Waals surface area contributed by atoms with Gasteiger partial charge in [0, 0.05) is 22.0 Å². The fourth-order valence-corrected chi connectivity index (χ4v) is 2.97. The van der Waals surface area contributed by atoms with Gasteiger partial charge in [-0.15, -0.1) is 0 Å². The molecule has 126 valence electrons. The molecule has 2 aromatic heterocycles. The quantitative estimate of drug-likeness (QED) is 0.503. The Morgan fingerprint density at radius 1 is 1.00 bits per heavy atom. The van der Waals surface area contributed by atoms with Crippen LogP contribution in [0.2, 0.25) is 0 Å². The van der Waals surface area contributed by atoms with Crippen molar-refractivity contribution in [3.8, 4) is 0 Å². The molecular formula is C18H12F3N3O. The molecule has 4 aromatic rings. The van der Waals surface area contributed by atoms with Crippen LogP contribution in [-0.4, -0.2) is 15.5 Å². The van der Waals surface area contributed by atoms with Gasteiger partial charge in [-0.1, -0.05) is 18.2 Å². The van der Waals surface area contributed by atoms with Gasteiger partial charge in [-0.25, -0.2) is 0 Å². The van der Waals surface area contributed by atoms with Crippen LogP contribution in [0, 0.1) is 0 Å². The molecule has 0 saturated heterocycles. The number of benzene rings is 2. The number of rotatable bonds is 1. The van der Waals surface area contributed by atoms with Crippen molar-refractivity contribution in [3.63, 3.8) is 0 Å². The number of hydrogen-bond donors (Lipinski definition) is 2. The molecular weight excluding hydrogens is 331 g/mol. The predicted octanol–water partition coefficient (Wildman–Crippen LogP) is 4.41. The molecule has 0 aliphatic rings. The van der Waals surface area contributed by atoms with E-state index in [2.05, 4.69) is 4.98 Å². The van der Waals surface area contributed by atoms with Gasteiger partial charge in [-0.05, 0) is 36.4 Å². The summed E-state index contributed by atoms with van der Waals surface area (Å²) >= 11 is 0. The molecule has 7 heteroatoms. The lowest BCUT2D eigenvalue weighted by atomic mass is 10.2. The van der Waals surface area contributed by atoms with Crippen molar-refractivity contribution in [3.05, 3.63) is 66.0 Å². The summed E-state index contributed by atoms with van der Waals surface area (Å²) in [5.74, 6) is -0.775. The normalized spacial score (nSPS) is 12.1. The van der Waals surface area contributed by atoms with Crippen molar-refractivity contribution in [2.45, 2.75) is 6.18 Å². The van der Waals surface area contributed by atoms with E-state index in [1.54, 1.807) is 30.3 Å². The summed E-state index contributed by atoms with van der Waals surface area (Å²) in [6, 6.07) is 13.9. The maximum Gasteiger partial charge on any atom is 0.431 e. The highest BCUT2D eigenvalue weighted by molar-refractivity contribution is 6.05. The number of aromatic amines is 1. The SMILES string of the molecule is Nc1ccc2c(c1)cc(C(F)(F)F)n2C(=O)c1cc2ccccc2[nH]1. The number of halogens is 3. The Balaban J connectivity index is 1.96. The zero-order chi connectivity index (χ0) is 17.8. The number of anilines is 1. The summed E-state index contributed by atoms with van der Waals surface area (Å²) in [7, 11) is 0. The number of carbonyl (C=O) groups is 1. The van der Waals surface area contributed by atoms with E-state index < -0.39 is 17.8 Å². The number of nitrogens with one attached hydrogen (secondary N) is 1. The van der Waals surface area contributed by atoms with E-state index in [9.17, 15) is 18.0 Å². The van der Waals surface area contributed by atoms with Crippen LogP contribution in [-0.2, 0) is 6.18 Å². The van der Waals surface area contributed by atoms with Crippen LogP contribution in [0.4, 0.5) is 18.9 Å². The molecule has 0 bridgehead atoms. The molecule has 0 unspecified atom stereocenters. The van der Waals surface area contributed by atoms with Gasteiger partial charge in [0.05, 0.1) is 5.52 Å². The molecule has 3 N–H and O–H groups in total. The van der Waals surface area contributed by atoms with Gasteiger partial charge < -0.3 is 10.7 Å². The maximum atomic E-state index is 13.5. The molecule has 0 spiro atoms. The lowest BCUT2D eigenvalue weighted by Gasteiger charge is -2.11. The predicted molar refractivity (Wildman–Crippen MR) is 89.4 cm³/mol. The summed E-state index contributed by atoms with van der Waals surface area (Å²) in [4.78, 5) is 15.7. The van der Waals surface area contributed by atoms with Crippen molar-refractivity contribution in [2.24, 2.45) is 0 Å². The van der Waals surface area contributed by atoms with Crippen molar-refractivity contribution in [1.29, 1.82) is 0 Å². The Kier molecular flexibility index (Phi) is 3.15. The molecule has 0 aliphatic carbocycles. The van der Waals surface area contributed by atoms with Crippen LogP contribution in [0.15, 0.2) is 54.6 Å². The van der Waals surface area contributed by atoms with Crippen molar-refractivity contribution in [2.75, 3.05) is 5.73 Å². The monoisotopic (exact) mass is 343 g/mol. The Labute approximate surface area is 139 Å². The highest BCUT2D eigenvalue weighted by Crippen LogP contribution is 2.35. The molecule has 0 radical (unpaired) electrons. The Hall–Kier alpha value is -3.22. The number of nitrogens with zero attached hydrogens (tertiary/aromatic N) is 1. The Morgan fingerprint density at radius 2 is 1.76 bits per heavy atom. The minimum Gasteiger partial charge on any atom is -0.399 e. The molecule has 0 aliphatic heterocycles. The zero-order valence-corrected chi connectivity index (χ0v) is 12.8. The van der Waals surface area contributed by atoms with Crippen LogP contribution in [0.3, 0.4) is 0 Å². The highest BCUT2D eigenvalue weighted by Gasteiger charge is 2.37. The minimum atomic E-state index is -4.67. The first-order valence-electron chi connectivity index (χ1n) is 7.45. The topological polar surface area (TPSA) is 63.8 Å². The highest BCUT2D eigenvalue weighted by atomic mass is 19.4. The van der Waals surface area contributed by atoms with Gasteiger partial charge in [0.1, 0.15) is 11.4 Å². The fraction of sp³-hybridized carbons (Fsp3) is 0.0556. The number of hydrogen-bond acceptors (Lipinski definition) is 2. The lowest BCUT2D eigenvalue weighted by molar-refractivity contribution is -0.142. The first-order chi connectivity index (χ1) is 11.8. The molecule has 0 amide bonds. The second-order valence-electron chi connectivity index (χ2n) is 5.76.